The molecule has 1 saturated carbocycles. The Hall–Kier alpha value is -1.42. The van der Waals surface area contributed by atoms with Gasteiger partial charge in [-0.1, -0.05) is 38.3 Å². The molecule has 1 amide bonds. The minimum atomic E-state index is -0.398. The first-order valence-corrected chi connectivity index (χ1v) is 7.48. The van der Waals surface area contributed by atoms with Gasteiger partial charge in [-0.25, -0.2) is 4.39 Å². The highest BCUT2D eigenvalue weighted by Gasteiger charge is 2.23. The minimum absolute atomic E-state index is 0.185. The lowest BCUT2D eigenvalue weighted by Crippen LogP contribution is -2.42. The Labute approximate surface area is 120 Å². The monoisotopic (exact) mass is 278 g/mol. The Morgan fingerprint density at radius 2 is 2.05 bits per heavy atom. The summed E-state index contributed by atoms with van der Waals surface area (Å²) in [5.74, 6) is 0.0745. The third-order valence-electron chi connectivity index (χ3n) is 4.11. The number of hydrogen-bond acceptors (Lipinski definition) is 2. The lowest BCUT2D eigenvalue weighted by atomic mass is 9.83. The molecule has 0 saturated heterocycles. The van der Waals surface area contributed by atoms with Crippen molar-refractivity contribution in [2.24, 2.45) is 5.92 Å². The van der Waals surface area contributed by atoms with Gasteiger partial charge in [-0.15, -0.1) is 0 Å². The largest absolute Gasteiger partial charge is 0.322 e. The summed E-state index contributed by atoms with van der Waals surface area (Å²) >= 11 is 0. The molecule has 110 valence electrons. The number of anilines is 1. The number of rotatable bonds is 5. The standard InChI is InChI=1S/C16H23FN2O/c1-2-12-7-3-5-9-14(12)18-11-16(20)19-15-10-6-4-8-13(15)17/h4,6,8,10,12,14,18H,2-3,5,7,9,11H2,1H3,(H,19,20). The maximum absolute atomic E-state index is 13.4. The van der Waals surface area contributed by atoms with E-state index in [1.54, 1.807) is 18.2 Å². The van der Waals surface area contributed by atoms with Crippen molar-refractivity contribution in [2.75, 3.05) is 11.9 Å². The van der Waals surface area contributed by atoms with Crippen molar-refractivity contribution in [1.29, 1.82) is 0 Å². The third-order valence-corrected chi connectivity index (χ3v) is 4.11. The van der Waals surface area contributed by atoms with Crippen molar-refractivity contribution in [3.8, 4) is 0 Å². The molecule has 1 fully saturated rings. The average Bonchev–Trinajstić information content (AvgIpc) is 2.48. The Bertz CT molecular complexity index is 450. The fraction of sp³-hybridized carbons (Fsp3) is 0.562. The molecule has 0 radical (unpaired) electrons. The van der Waals surface area contributed by atoms with Gasteiger partial charge in [0, 0.05) is 6.04 Å². The number of hydrogen-bond donors (Lipinski definition) is 2. The number of carbonyl (C=O) groups excluding carboxylic acids is 1. The molecule has 1 aromatic rings. The van der Waals surface area contributed by atoms with Crippen LogP contribution >= 0.6 is 0 Å². The number of nitrogens with one attached hydrogen (secondary N) is 2. The lowest BCUT2D eigenvalue weighted by Gasteiger charge is -2.31. The second kappa shape index (κ2) is 7.39. The van der Waals surface area contributed by atoms with E-state index in [4.69, 9.17) is 0 Å². The summed E-state index contributed by atoms with van der Waals surface area (Å²) in [7, 11) is 0. The van der Waals surface area contributed by atoms with Gasteiger partial charge in [0.25, 0.3) is 0 Å². The Morgan fingerprint density at radius 1 is 1.30 bits per heavy atom. The quantitative estimate of drug-likeness (QED) is 0.867. The maximum atomic E-state index is 13.4. The van der Waals surface area contributed by atoms with Gasteiger partial charge in [-0.3, -0.25) is 4.79 Å². The van der Waals surface area contributed by atoms with Crippen LogP contribution in [0.3, 0.4) is 0 Å². The number of halogens is 1. The van der Waals surface area contributed by atoms with E-state index in [0.717, 1.165) is 12.8 Å². The van der Waals surface area contributed by atoms with Gasteiger partial charge in [-0.2, -0.15) is 0 Å². The van der Waals surface area contributed by atoms with E-state index < -0.39 is 5.82 Å². The molecule has 1 aliphatic carbocycles. The van der Waals surface area contributed by atoms with Gasteiger partial charge in [0.1, 0.15) is 5.82 Å². The van der Waals surface area contributed by atoms with Gasteiger partial charge in [0.2, 0.25) is 5.91 Å². The summed E-state index contributed by atoms with van der Waals surface area (Å²) in [6.45, 7) is 2.44. The summed E-state index contributed by atoms with van der Waals surface area (Å²) in [4.78, 5) is 11.9. The van der Waals surface area contributed by atoms with Crippen molar-refractivity contribution in [2.45, 2.75) is 45.1 Å². The molecule has 2 unspecified atom stereocenters. The molecule has 0 aromatic heterocycles. The second-order valence-corrected chi connectivity index (χ2v) is 5.47. The van der Waals surface area contributed by atoms with Crippen molar-refractivity contribution in [3.63, 3.8) is 0 Å². The van der Waals surface area contributed by atoms with E-state index in [0.29, 0.717) is 12.0 Å². The molecular formula is C16H23FN2O. The zero-order chi connectivity index (χ0) is 14.4. The zero-order valence-electron chi connectivity index (χ0n) is 12.0. The van der Waals surface area contributed by atoms with Crippen LogP contribution in [0, 0.1) is 11.7 Å². The highest BCUT2D eigenvalue weighted by molar-refractivity contribution is 5.92. The Balaban J connectivity index is 1.81. The smallest absolute Gasteiger partial charge is 0.238 e. The van der Waals surface area contributed by atoms with Crippen LogP contribution in [-0.2, 0) is 4.79 Å². The molecular weight excluding hydrogens is 255 g/mol. The van der Waals surface area contributed by atoms with Crippen molar-refractivity contribution >= 4 is 11.6 Å². The Kier molecular flexibility index (Phi) is 5.53. The van der Waals surface area contributed by atoms with Crippen molar-refractivity contribution in [3.05, 3.63) is 30.1 Å². The topological polar surface area (TPSA) is 41.1 Å². The molecule has 0 aliphatic heterocycles. The number of amides is 1. The van der Waals surface area contributed by atoms with Gasteiger partial charge < -0.3 is 10.6 Å². The van der Waals surface area contributed by atoms with Crippen molar-refractivity contribution < 1.29 is 9.18 Å². The summed E-state index contributed by atoms with van der Waals surface area (Å²) in [6.07, 6.45) is 6.03. The van der Waals surface area contributed by atoms with E-state index in [9.17, 15) is 9.18 Å². The number of carbonyl (C=O) groups is 1. The first-order valence-electron chi connectivity index (χ1n) is 7.48. The number of benzene rings is 1. The molecule has 4 heteroatoms. The number of para-hydroxylation sites is 1. The van der Waals surface area contributed by atoms with Crippen LogP contribution in [0.1, 0.15) is 39.0 Å². The summed E-state index contributed by atoms with van der Waals surface area (Å²) in [5, 5.41) is 5.93. The highest BCUT2D eigenvalue weighted by Crippen LogP contribution is 2.26. The molecule has 2 rings (SSSR count). The molecule has 2 N–H and O–H groups in total. The first-order chi connectivity index (χ1) is 9.70. The normalized spacial score (nSPS) is 22.5. The zero-order valence-corrected chi connectivity index (χ0v) is 12.0. The highest BCUT2D eigenvalue weighted by atomic mass is 19.1. The molecule has 1 aliphatic rings. The van der Waals surface area contributed by atoms with Crippen LogP contribution in [0.4, 0.5) is 10.1 Å². The molecule has 0 bridgehead atoms. The lowest BCUT2D eigenvalue weighted by molar-refractivity contribution is -0.115. The average molecular weight is 278 g/mol. The van der Waals surface area contributed by atoms with Crippen LogP contribution in [0.25, 0.3) is 0 Å². The Morgan fingerprint density at radius 3 is 2.80 bits per heavy atom. The second-order valence-electron chi connectivity index (χ2n) is 5.47. The van der Waals surface area contributed by atoms with Crippen LogP contribution in [-0.4, -0.2) is 18.5 Å². The van der Waals surface area contributed by atoms with Gasteiger partial charge in [-0.05, 0) is 30.9 Å². The van der Waals surface area contributed by atoms with Crippen LogP contribution in [0.2, 0.25) is 0 Å². The van der Waals surface area contributed by atoms with Gasteiger partial charge >= 0.3 is 0 Å². The summed E-state index contributed by atoms with van der Waals surface area (Å²) in [6, 6.07) is 6.65. The van der Waals surface area contributed by atoms with E-state index in [-0.39, 0.29) is 18.1 Å². The predicted octanol–water partition coefficient (Wildman–Crippen LogP) is 3.32. The molecule has 0 heterocycles. The van der Waals surface area contributed by atoms with Gasteiger partial charge in [0.15, 0.2) is 0 Å². The maximum Gasteiger partial charge on any atom is 0.238 e. The fourth-order valence-electron chi connectivity index (χ4n) is 2.95. The van der Waals surface area contributed by atoms with E-state index in [1.807, 2.05) is 0 Å². The first kappa shape index (κ1) is 15.0. The third kappa shape index (κ3) is 4.04. The van der Waals surface area contributed by atoms with Crippen molar-refractivity contribution in [1.82, 2.24) is 5.32 Å². The van der Waals surface area contributed by atoms with Crippen LogP contribution in [0.5, 0.6) is 0 Å². The molecule has 20 heavy (non-hydrogen) atoms. The SMILES string of the molecule is CCC1CCCCC1NCC(=O)Nc1ccccc1F. The minimum Gasteiger partial charge on any atom is -0.322 e. The van der Waals surface area contributed by atoms with Gasteiger partial charge in [0.05, 0.1) is 12.2 Å². The van der Waals surface area contributed by atoms with Crippen LogP contribution < -0.4 is 10.6 Å². The molecule has 1 aromatic carbocycles. The van der Waals surface area contributed by atoms with E-state index in [1.165, 1.54) is 25.3 Å². The molecule has 0 spiro atoms. The molecule has 3 nitrogen and oxygen atoms in total. The summed E-state index contributed by atoms with van der Waals surface area (Å²) < 4.78 is 13.4. The van der Waals surface area contributed by atoms with E-state index >= 15 is 0 Å². The fourth-order valence-corrected chi connectivity index (χ4v) is 2.95. The van der Waals surface area contributed by atoms with E-state index in [2.05, 4.69) is 17.6 Å². The molecule has 2 atom stereocenters. The predicted molar refractivity (Wildman–Crippen MR) is 79.1 cm³/mol. The summed E-state index contributed by atoms with van der Waals surface area (Å²) in [5.41, 5.74) is 0.245. The van der Waals surface area contributed by atoms with Crippen LogP contribution in [0.15, 0.2) is 24.3 Å².